The number of nitrogens with two attached hydrogens (primary N) is 1. The lowest BCUT2D eigenvalue weighted by Crippen LogP contribution is -2.11. The van der Waals surface area contributed by atoms with Gasteiger partial charge < -0.3 is 15.3 Å². The summed E-state index contributed by atoms with van der Waals surface area (Å²) in [6, 6.07) is 20.8. The van der Waals surface area contributed by atoms with E-state index in [0.29, 0.717) is 18.8 Å². The van der Waals surface area contributed by atoms with E-state index in [1.165, 1.54) is 23.1 Å². The van der Waals surface area contributed by atoms with Gasteiger partial charge in [0.05, 0.1) is 11.0 Å². The lowest BCUT2D eigenvalue weighted by atomic mass is 10.1. The summed E-state index contributed by atoms with van der Waals surface area (Å²) in [6.07, 6.45) is 5.38. The first-order valence-electron chi connectivity index (χ1n) is 11.1. The fourth-order valence-corrected chi connectivity index (χ4v) is 4.96. The lowest BCUT2D eigenvalue weighted by molar-refractivity contribution is 0.834. The molecule has 0 amide bonds. The summed E-state index contributed by atoms with van der Waals surface area (Å²) in [7, 11) is 0. The fourth-order valence-electron chi connectivity index (χ4n) is 4.96. The molecule has 1 aliphatic carbocycles. The van der Waals surface area contributed by atoms with E-state index in [-0.39, 0.29) is 5.56 Å². The molecular weight excluding hydrogens is 396 g/mol. The SMILES string of the molecule is NCc1cccc(Cn2cc(-c3nc4cc5c(cc4[nH]c3=O)CCC5)c3ccccc32)c1. The first kappa shape index (κ1) is 19.0. The van der Waals surface area contributed by atoms with Crippen LogP contribution in [0.3, 0.4) is 0 Å². The molecule has 158 valence electrons. The Labute approximate surface area is 185 Å². The van der Waals surface area contributed by atoms with Gasteiger partial charge in [0.25, 0.3) is 5.56 Å². The second-order valence-corrected chi connectivity index (χ2v) is 8.62. The van der Waals surface area contributed by atoms with Crippen LogP contribution in [0.2, 0.25) is 0 Å². The molecule has 0 fully saturated rings. The number of H-pyrrole nitrogens is 1. The second-order valence-electron chi connectivity index (χ2n) is 8.62. The van der Waals surface area contributed by atoms with E-state index in [4.69, 9.17) is 10.7 Å². The molecule has 3 N–H and O–H groups in total. The van der Waals surface area contributed by atoms with Crippen LogP contribution in [-0.2, 0) is 25.9 Å². The standard InChI is InChI=1S/C27H24N4O/c28-14-17-5-3-6-18(11-17)15-31-16-22(21-9-1-2-10-25(21)31)26-27(32)30-24-13-20-8-4-7-19(20)12-23(24)29-26/h1-3,5-6,9-13,16H,4,7-8,14-15,28H2,(H,30,32). The molecule has 5 heteroatoms. The van der Waals surface area contributed by atoms with Crippen LogP contribution >= 0.6 is 0 Å². The Morgan fingerprint density at radius 3 is 2.66 bits per heavy atom. The summed E-state index contributed by atoms with van der Waals surface area (Å²) in [5.41, 5.74) is 14.7. The molecule has 1 aliphatic rings. The molecule has 0 saturated heterocycles. The van der Waals surface area contributed by atoms with Gasteiger partial charge in [0.15, 0.2) is 0 Å². The predicted molar refractivity (Wildman–Crippen MR) is 129 cm³/mol. The molecule has 5 nitrogen and oxygen atoms in total. The number of aryl methyl sites for hydroxylation is 2. The molecular formula is C27H24N4O. The van der Waals surface area contributed by atoms with E-state index in [9.17, 15) is 4.79 Å². The van der Waals surface area contributed by atoms with Crippen molar-refractivity contribution in [3.05, 3.63) is 99.5 Å². The molecule has 0 radical (unpaired) electrons. The lowest BCUT2D eigenvalue weighted by Gasteiger charge is -2.07. The van der Waals surface area contributed by atoms with Crippen molar-refractivity contribution in [1.82, 2.24) is 14.5 Å². The van der Waals surface area contributed by atoms with Crippen molar-refractivity contribution in [2.75, 3.05) is 0 Å². The van der Waals surface area contributed by atoms with E-state index >= 15 is 0 Å². The Hall–Kier alpha value is -3.70. The highest BCUT2D eigenvalue weighted by Gasteiger charge is 2.18. The van der Waals surface area contributed by atoms with Gasteiger partial charge in [0.1, 0.15) is 5.69 Å². The van der Waals surface area contributed by atoms with Gasteiger partial charge in [-0.1, -0.05) is 42.5 Å². The van der Waals surface area contributed by atoms with Gasteiger partial charge in [-0.2, -0.15) is 0 Å². The van der Waals surface area contributed by atoms with Gasteiger partial charge in [-0.3, -0.25) is 4.79 Å². The number of aromatic nitrogens is 3. The molecule has 0 atom stereocenters. The van der Waals surface area contributed by atoms with Crippen molar-refractivity contribution in [1.29, 1.82) is 0 Å². The van der Waals surface area contributed by atoms with Crippen molar-refractivity contribution >= 4 is 21.9 Å². The molecule has 32 heavy (non-hydrogen) atoms. The van der Waals surface area contributed by atoms with Crippen molar-refractivity contribution in [3.8, 4) is 11.3 Å². The molecule has 0 saturated carbocycles. The van der Waals surface area contributed by atoms with Crippen LogP contribution in [0.25, 0.3) is 33.2 Å². The van der Waals surface area contributed by atoms with Crippen LogP contribution in [-0.4, -0.2) is 14.5 Å². The Kier molecular flexibility index (Phi) is 4.44. The summed E-state index contributed by atoms with van der Waals surface area (Å²) < 4.78 is 2.19. The van der Waals surface area contributed by atoms with Crippen molar-refractivity contribution < 1.29 is 0 Å². The molecule has 0 spiro atoms. The minimum absolute atomic E-state index is 0.150. The third-order valence-corrected chi connectivity index (χ3v) is 6.53. The maximum atomic E-state index is 13.1. The van der Waals surface area contributed by atoms with Crippen molar-refractivity contribution in [2.45, 2.75) is 32.4 Å². The molecule has 2 heterocycles. The van der Waals surface area contributed by atoms with Gasteiger partial charge in [0, 0.05) is 35.8 Å². The molecule has 2 aromatic heterocycles. The summed E-state index contributed by atoms with van der Waals surface area (Å²) in [4.78, 5) is 21.0. The van der Waals surface area contributed by atoms with Gasteiger partial charge in [-0.15, -0.1) is 0 Å². The van der Waals surface area contributed by atoms with E-state index in [1.807, 2.05) is 24.3 Å². The quantitative estimate of drug-likeness (QED) is 0.448. The molecule has 6 rings (SSSR count). The monoisotopic (exact) mass is 420 g/mol. The number of benzene rings is 3. The van der Waals surface area contributed by atoms with Gasteiger partial charge in [-0.25, -0.2) is 4.98 Å². The van der Waals surface area contributed by atoms with Crippen LogP contribution in [0.1, 0.15) is 28.7 Å². The Morgan fingerprint density at radius 2 is 1.78 bits per heavy atom. The van der Waals surface area contributed by atoms with Crippen LogP contribution in [0.15, 0.2) is 71.7 Å². The summed E-state index contributed by atoms with van der Waals surface area (Å²) in [5, 5.41) is 1.03. The molecule has 0 aliphatic heterocycles. The number of para-hydroxylation sites is 1. The third kappa shape index (κ3) is 3.13. The van der Waals surface area contributed by atoms with Crippen LogP contribution in [0.5, 0.6) is 0 Å². The highest BCUT2D eigenvalue weighted by Crippen LogP contribution is 2.30. The Balaban J connectivity index is 1.51. The fraction of sp³-hybridized carbons (Fsp3) is 0.185. The van der Waals surface area contributed by atoms with Gasteiger partial charge in [-0.05, 0) is 59.7 Å². The zero-order valence-corrected chi connectivity index (χ0v) is 17.8. The smallest absolute Gasteiger partial charge is 0.275 e. The highest BCUT2D eigenvalue weighted by atomic mass is 16.1. The largest absolute Gasteiger partial charge is 0.342 e. The summed E-state index contributed by atoms with van der Waals surface area (Å²) in [6.45, 7) is 1.22. The molecule has 5 aromatic rings. The average molecular weight is 421 g/mol. The number of nitrogens with zero attached hydrogens (tertiary/aromatic N) is 2. The van der Waals surface area contributed by atoms with Gasteiger partial charge >= 0.3 is 0 Å². The highest BCUT2D eigenvalue weighted by molar-refractivity contribution is 5.96. The first-order chi connectivity index (χ1) is 15.7. The van der Waals surface area contributed by atoms with Crippen molar-refractivity contribution in [2.24, 2.45) is 5.73 Å². The maximum absolute atomic E-state index is 13.1. The predicted octanol–water partition coefficient (Wildman–Crippen LogP) is 4.54. The zero-order chi connectivity index (χ0) is 21.7. The van der Waals surface area contributed by atoms with E-state index < -0.39 is 0 Å². The first-order valence-corrected chi connectivity index (χ1v) is 11.1. The van der Waals surface area contributed by atoms with E-state index in [1.54, 1.807) is 0 Å². The number of nitrogens with one attached hydrogen (secondary N) is 1. The summed E-state index contributed by atoms with van der Waals surface area (Å²) >= 11 is 0. The number of rotatable bonds is 4. The molecule has 3 aromatic carbocycles. The van der Waals surface area contributed by atoms with Crippen molar-refractivity contribution in [3.63, 3.8) is 0 Å². The van der Waals surface area contributed by atoms with Crippen LogP contribution in [0, 0.1) is 0 Å². The summed E-state index contributed by atoms with van der Waals surface area (Å²) in [5.74, 6) is 0. The topological polar surface area (TPSA) is 76.7 Å². The number of aromatic amines is 1. The number of fused-ring (bicyclic) bond motifs is 3. The normalized spacial score (nSPS) is 13.2. The van der Waals surface area contributed by atoms with Crippen LogP contribution < -0.4 is 11.3 Å². The average Bonchev–Trinajstić information content (AvgIpc) is 3.42. The minimum atomic E-state index is -0.150. The minimum Gasteiger partial charge on any atom is -0.342 e. The third-order valence-electron chi connectivity index (χ3n) is 6.53. The Bertz CT molecular complexity index is 1540. The maximum Gasteiger partial charge on any atom is 0.275 e. The van der Waals surface area contributed by atoms with E-state index in [2.05, 4.69) is 52.1 Å². The van der Waals surface area contributed by atoms with Crippen LogP contribution in [0.4, 0.5) is 0 Å². The van der Waals surface area contributed by atoms with Gasteiger partial charge in [0.2, 0.25) is 0 Å². The molecule has 0 bridgehead atoms. The number of hydrogen-bond acceptors (Lipinski definition) is 3. The zero-order valence-electron chi connectivity index (χ0n) is 17.8. The van der Waals surface area contributed by atoms with E-state index in [0.717, 1.165) is 45.9 Å². The molecule has 0 unspecified atom stereocenters. The number of hydrogen-bond donors (Lipinski definition) is 2. The Morgan fingerprint density at radius 1 is 0.969 bits per heavy atom. The second kappa shape index (κ2) is 7.46.